The van der Waals surface area contributed by atoms with E-state index in [2.05, 4.69) is 32.0 Å². The van der Waals surface area contributed by atoms with Crippen molar-refractivity contribution < 1.29 is 10.2 Å². The molecule has 0 saturated carbocycles. The molecule has 0 aliphatic rings. The summed E-state index contributed by atoms with van der Waals surface area (Å²) in [5.41, 5.74) is 4.96. The number of hydrogen-bond acceptors (Lipinski definition) is 2. The molecule has 0 aromatic heterocycles. The van der Waals surface area contributed by atoms with Gasteiger partial charge in [-0.05, 0) is 53.6 Å². The minimum atomic E-state index is 0.246. The normalized spacial score (nSPS) is 10.8. The number of phenols is 2. The van der Waals surface area contributed by atoms with Gasteiger partial charge in [0.2, 0.25) is 0 Å². The molecule has 0 saturated heterocycles. The lowest BCUT2D eigenvalue weighted by Crippen LogP contribution is -1.95. The zero-order valence-corrected chi connectivity index (χ0v) is 12.4. The van der Waals surface area contributed by atoms with Gasteiger partial charge in [0.25, 0.3) is 0 Å². The summed E-state index contributed by atoms with van der Waals surface area (Å²) in [6.45, 7) is 6.18. The van der Waals surface area contributed by atoms with Crippen LogP contribution in [-0.4, -0.2) is 10.2 Å². The van der Waals surface area contributed by atoms with Crippen LogP contribution < -0.4 is 0 Å². The highest BCUT2D eigenvalue weighted by atomic mass is 16.3. The van der Waals surface area contributed by atoms with E-state index >= 15 is 0 Å². The molecule has 0 spiro atoms. The number of phenolic OH excluding ortho intramolecular Hbond substituents is 2. The van der Waals surface area contributed by atoms with Gasteiger partial charge in [-0.3, -0.25) is 0 Å². The fraction of sp³-hybridized carbons (Fsp3) is 0.333. The summed E-state index contributed by atoms with van der Waals surface area (Å²) in [4.78, 5) is 0. The lowest BCUT2D eigenvalue weighted by Gasteiger charge is -2.16. The second-order valence-electron chi connectivity index (χ2n) is 5.01. The molecule has 0 fully saturated rings. The second-order valence-corrected chi connectivity index (χ2v) is 5.01. The summed E-state index contributed by atoms with van der Waals surface area (Å²) < 4.78 is 0. The maximum absolute atomic E-state index is 10.3. The van der Waals surface area contributed by atoms with Gasteiger partial charge >= 0.3 is 0 Å². The van der Waals surface area contributed by atoms with Crippen LogP contribution in [-0.2, 0) is 19.3 Å². The third-order valence-corrected chi connectivity index (χ3v) is 3.85. The van der Waals surface area contributed by atoms with Crippen LogP contribution in [0, 0.1) is 0 Å². The summed E-state index contributed by atoms with van der Waals surface area (Å²) >= 11 is 0. The van der Waals surface area contributed by atoms with Crippen LogP contribution in [0.15, 0.2) is 30.3 Å². The number of benzene rings is 2. The van der Waals surface area contributed by atoms with Crippen LogP contribution in [0.2, 0.25) is 0 Å². The van der Waals surface area contributed by atoms with E-state index in [9.17, 15) is 10.2 Å². The Morgan fingerprint density at radius 3 is 1.80 bits per heavy atom. The molecule has 2 rings (SSSR count). The van der Waals surface area contributed by atoms with E-state index in [1.807, 2.05) is 6.92 Å². The average Bonchev–Trinajstić information content (AvgIpc) is 2.48. The van der Waals surface area contributed by atoms with Crippen molar-refractivity contribution in [3.05, 3.63) is 47.0 Å². The molecule has 0 aliphatic heterocycles. The van der Waals surface area contributed by atoms with E-state index < -0.39 is 0 Å². The summed E-state index contributed by atoms with van der Waals surface area (Å²) in [6, 6.07) is 9.59. The molecule has 0 unspecified atom stereocenters. The van der Waals surface area contributed by atoms with Gasteiger partial charge in [0.15, 0.2) is 0 Å². The maximum atomic E-state index is 10.3. The van der Waals surface area contributed by atoms with E-state index in [1.54, 1.807) is 12.1 Å². The first-order valence-corrected chi connectivity index (χ1v) is 7.28. The Labute approximate surface area is 120 Å². The highest BCUT2D eigenvalue weighted by Gasteiger charge is 2.15. The summed E-state index contributed by atoms with van der Waals surface area (Å²) in [7, 11) is 0. The average molecular weight is 270 g/mol. The molecule has 106 valence electrons. The Kier molecular flexibility index (Phi) is 4.33. The topological polar surface area (TPSA) is 40.5 Å². The number of aryl methyl sites for hydroxylation is 3. The zero-order chi connectivity index (χ0) is 14.7. The molecule has 0 amide bonds. The summed E-state index contributed by atoms with van der Waals surface area (Å²) in [5.74, 6) is 0.503. The molecule has 2 heteroatoms. The molecule has 0 heterocycles. The van der Waals surface area contributed by atoms with Crippen LogP contribution >= 0.6 is 0 Å². The minimum absolute atomic E-state index is 0.246. The minimum Gasteiger partial charge on any atom is -0.508 e. The Hall–Kier alpha value is -1.96. The highest BCUT2D eigenvalue weighted by Crippen LogP contribution is 2.39. The van der Waals surface area contributed by atoms with E-state index in [1.165, 1.54) is 11.1 Å². The van der Waals surface area contributed by atoms with Gasteiger partial charge in [-0.2, -0.15) is 0 Å². The summed E-state index contributed by atoms with van der Waals surface area (Å²) in [5, 5.41) is 20.4. The lowest BCUT2D eigenvalue weighted by atomic mass is 9.90. The Bertz CT molecular complexity index is 593. The second kappa shape index (κ2) is 6.00. The fourth-order valence-corrected chi connectivity index (χ4v) is 2.69. The molecule has 0 bridgehead atoms. The molecule has 2 aromatic carbocycles. The van der Waals surface area contributed by atoms with Crippen LogP contribution in [0.1, 0.15) is 37.5 Å². The first-order valence-electron chi connectivity index (χ1n) is 7.28. The molecule has 0 aliphatic carbocycles. The van der Waals surface area contributed by atoms with Crippen molar-refractivity contribution in [1.29, 1.82) is 0 Å². The molecular weight excluding hydrogens is 248 g/mol. The monoisotopic (exact) mass is 270 g/mol. The van der Waals surface area contributed by atoms with E-state index in [0.29, 0.717) is 6.42 Å². The van der Waals surface area contributed by atoms with Crippen LogP contribution in [0.3, 0.4) is 0 Å². The van der Waals surface area contributed by atoms with Crippen LogP contribution in [0.4, 0.5) is 0 Å². The first-order chi connectivity index (χ1) is 9.62. The van der Waals surface area contributed by atoms with Gasteiger partial charge in [0.05, 0.1) is 0 Å². The Balaban J connectivity index is 2.71. The number of rotatable bonds is 4. The van der Waals surface area contributed by atoms with E-state index in [4.69, 9.17) is 0 Å². The van der Waals surface area contributed by atoms with Crippen LogP contribution in [0.25, 0.3) is 11.1 Å². The molecule has 2 nitrogen and oxygen atoms in total. The molecule has 0 atom stereocenters. The van der Waals surface area contributed by atoms with Gasteiger partial charge in [0, 0.05) is 5.56 Å². The predicted molar refractivity (Wildman–Crippen MR) is 83.3 cm³/mol. The van der Waals surface area contributed by atoms with E-state index in [-0.39, 0.29) is 11.5 Å². The predicted octanol–water partition coefficient (Wildman–Crippen LogP) is 4.45. The third-order valence-electron chi connectivity index (χ3n) is 3.85. The largest absolute Gasteiger partial charge is 0.508 e. The molecular formula is C18H22O2. The highest BCUT2D eigenvalue weighted by molar-refractivity contribution is 5.78. The van der Waals surface area contributed by atoms with Crippen molar-refractivity contribution in [2.45, 2.75) is 40.0 Å². The Morgan fingerprint density at radius 2 is 1.30 bits per heavy atom. The van der Waals surface area contributed by atoms with Gasteiger partial charge in [0.1, 0.15) is 11.5 Å². The van der Waals surface area contributed by atoms with Crippen molar-refractivity contribution >= 4 is 0 Å². The summed E-state index contributed by atoms with van der Waals surface area (Å²) in [6.07, 6.45) is 2.51. The molecule has 2 N–H and O–H groups in total. The lowest BCUT2D eigenvalue weighted by molar-refractivity contribution is 0.456. The SMILES string of the molecule is CCc1cc(O)c(-c2c(CC)cccc2CC)cc1O. The molecule has 2 aromatic rings. The molecule has 20 heavy (non-hydrogen) atoms. The van der Waals surface area contributed by atoms with E-state index in [0.717, 1.165) is 29.5 Å². The standard InChI is InChI=1S/C18H22O2/c1-4-12-8-7-9-13(5-2)18(12)15-11-16(19)14(6-3)10-17(15)20/h7-11,19-20H,4-6H2,1-3H3. The van der Waals surface area contributed by atoms with Gasteiger partial charge in [-0.15, -0.1) is 0 Å². The first kappa shape index (κ1) is 14.4. The van der Waals surface area contributed by atoms with Crippen molar-refractivity contribution in [3.63, 3.8) is 0 Å². The fourth-order valence-electron chi connectivity index (χ4n) is 2.69. The number of aromatic hydroxyl groups is 2. The van der Waals surface area contributed by atoms with Crippen molar-refractivity contribution in [2.24, 2.45) is 0 Å². The van der Waals surface area contributed by atoms with Gasteiger partial charge in [-0.25, -0.2) is 0 Å². The maximum Gasteiger partial charge on any atom is 0.123 e. The van der Waals surface area contributed by atoms with Gasteiger partial charge in [-0.1, -0.05) is 39.0 Å². The smallest absolute Gasteiger partial charge is 0.123 e. The quantitative estimate of drug-likeness (QED) is 0.806. The third kappa shape index (κ3) is 2.51. The Morgan fingerprint density at radius 1 is 0.750 bits per heavy atom. The van der Waals surface area contributed by atoms with Crippen molar-refractivity contribution in [2.75, 3.05) is 0 Å². The van der Waals surface area contributed by atoms with Crippen molar-refractivity contribution in [1.82, 2.24) is 0 Å². The number of hydrogen-bond donors (Lipinski definition) is 2. The zero-order valence-electron chi connectivity index (χ0n) is 12.4. The molecule has 0 radical (unpaired) electrons. The van der Waals surface area contributed by atoms with Crippen LogP contribution in [0.5, 0.6) is 11.5 Å². The van der Waals surface area contributed by atoms with Gasteiger partial charge < -0.3 is 10.2 Å². The van der Waals surface area contributed by atoms with Crippen molar-refractivity contribution in [3.8, 4) is 22.6 Å².